The number of nitrogens with one attached hydrogen (secondary N) is 1. The van der Waals surface area contributed by atoms with Gasteiger partial charge in [-0.05, 0) is 42.3 Å². The van der Waals surface area contributed by atoms with Gasteiger partial charge in [-0.15, -0.1) is 0 Å². The molecular weight excluding hydrogens is 383 g/mol. The molecule has 1 amide bonds. The molecule has 2 N–H and O–H groups in total. The number of benzene rings is 2. The van der Waals surface area contributed by atoms with Crippen molar-refractivity contribution in [2.75, 3.05) is 6.54 Å². The molecule has 7 heteroatoms. The van der Waals surface area contributed by atoms with Crippen LogP contribution in [0.3, 0.4) is 0 Å². The lowest BCUT2D eigenvalue weighted by molar-refractivity contribution is 0.0732. The Morgan fingerprint density at radius 2 is 1.96 bits per heavy atom. The Bertz CT molecular complexity index is 990. The van der Waals surface area contributed by atoms with E-state index in [-0.39, 0.29) is 21.7 Å². The number of nitrogens with zero attached hydrogens (tertiary/aromatic N) is 1. The Labute approximate surface area is 158 Å². The fourth-order valence-corrected chi connectivity index (χ4v) is 3.76. The zero-order valence-electron chi connectivity index (χ0n) is 12.9. The lowest BCUT2D eigenvalue weighted by atomic mass is 10.0. The normalized spacial score (nSPS) is 14.0. The van der Waals surface area contributed by atoms with Crippen LogP contribution in [0.15, 0.2) is 30.3 Å². The second-order valence-corrected chi connectivity index (χ2v) is 7.26. The number of carbonyl (C=O) groups is 1. The quantitative estimate of drug-likeness (QED) is 0.607. The van der Waals surface area contributed by atoms with Crippen molar-refractivity contribution < 1.29 is 9.90 Å². The molecule has 2 aromatic carbocycles. The van der Waals surface area contributed by atoms with Crippen LogP contribution in [0.25, 0.3) is 10.9 Å². The van der Waals surface area contributed by atoms with E-state index in [1.807, 2.05) is 18.2 Å². The molecule has 0 bridgehead atoms. The summed E-state index contributed by atoms with van der Waals surface area (Å²) in [4.78, 5) is 17.9. The van der Waals surface area contributed by atoms with E-state index in [2.05, 4.69) is 4.98 Å². The highest BCUT2D eigenvalue weighted by Gasteiger charge is 2.25. The number of aromatic amines is 1. The Morgan fingerprint density at radius 3 is 2.72 bits per heavy atom. The monoisotopic (exact) mass is 394 g/mol. The summed E-state index contributed by atoms with van der Waals surface area (Å²) < 4.78 is 0. The molecule has 0 radical (unpaired) electrons. The first-order valence-corrected chi connectivity index (χ1v) is 8.83. The van der Waals surface area contributed by atoms with Crippen LogP contribution in [-0.2, 0) is 13.0 Å². The molecule has 25 heavy (non-hydrogen) atoms. The summed E-state index contributed by atoms with van der Waals surface area (Å²) in [6, 6.07) is 8.55. The average Bonchev–Trinajstić information content (AvgIpc) is 2.95. The summed E-state index contributed by atoms with van der Waals surface area (Å²) in [6.45, 7) is 1.04. The Morgan fingerprint density at radius 1 is 1.16 bits per heavy atom. The number of amides is 1. The summed E-state index contributed by atoms with van der Waals surface area (Å²) in [5, 5.41) is 11.8. The van der Waals surface area contributed by atoms with Crippen LogP contribution in [0.4, 0.5) is 0 Å². The summed E-state index contributed by atoms with van der Waals surface area (Å²) in [6.07, 6.45) is 0.731. The molecule has 128 valence electrons. The fraction of sp³-hybridized carbons (Fsp3) is 0.167. The molecule has 4 nitrogen and oxygen atoms in total. The smallest absolute Gasteiger partial charge is 0.254 e. The number of halogens is 3. The van der Waals surface area contributed by atoms with E-state index in [9.17, 15) is 9.90 Å². The molecule has 0 spiro atoms. The van der Waals surface area contributed by atoms with Crippen molar-refractivity contribution >= 4 is 51.6 Å². The van der Waals surface area contributed by atoms with Gasteiger partial charge in [-0.3, -0.25) is 4.79 Å². The summed E-state index contributed by atoms with van der Waals surface area (Å²) in [5.41, 5.74) is 3.52. The molecule has 0 saturated heterocycles. The number of phenols is 1. The van der Waals surface area contributed by atoms with E-state index in [0.29, 0.717) is 23.7 Å². The van der Waals surface area contributed by atoms with E-state index < -0.39 is 0 Å². The third-order valence-corrected chi connectivity index (χ3v) is 5.51. The van der Waals surface area contributed by atoms with Crippen LogP contribution in [0, 0.1) is 0 Å². The molecule has 0 unspecified atom stereocenters. The third kappa shape index (κ3) is 2.84. The van der Waals surface area contributed by atoms with Gasteiger partial charge in [-0.1, -0.05) is 34.8 Å². The first-order chi connectivity index (χ1) is 11.9. The van der Waals surface area contributed by atoms with E-state index in [1.54, 1.807) is 4.90 Å². The Balaban J connectivity index is 1.66. The third-order valence-electron chi connectivity index (χ3n) is 4.48. The fourth-order valence-electron chi connectivity index (χ4n) is 3.27. The first-order valence-electron chi connectivity index (χ1n) is 7.70. The van der Waals surface area contributed by atoms with E-state index >= 15 is 0 Å². The molecule has 0 saturated carbocycles. The number of fused-ring (bicyclic) bond motifs is 3. The van der Waals surface area contributed by atoms with Gasteiger partial charge < -0.3 is 15.0 Å². The average molecular weight is 396 g/mol. The predicted molar refractivity (Wildman–Crippen MR) is 99.9 cm³/mol. The van der Waals surface area contributed by atoms with Crippen molar-refractivity contribution in [2.24, 2.45) is 0 Å². The topological polar surface area (TPSA) is 56.3 Å². The SMILES string of the molecule is O=C(c1cc(O)c(Cl)c(Cl)c1)N1CCc2c([nH]c3ccc(Cl)cc23)C1. The molecule has 4 rings (SSSR count). The van der Waals surface area contributed by atoms with Gasteiger partial charge in [-0.25, -0.2) is 0 Å². The summed E-state index contributed by atoms with van der Waals surface area (Å²) in [5.74, 6) is -0.397. The molecule has 2 heterocycles. The highest BCUT2D eigenvalue weighted by Crippen LogP contribution is 2.34. The number of rotatable bonds is 1. The van der Waals surface area contributed by atoms with Crippen molar-refractivity contribution in [2.45, 2.75) is 13.0 Å². The summed E-state index contributed by atoms with van der Waals surface area (Å²) >= 11 is 17.9. The molecule has 1 aliphatic heterocycles. The van der Waals surface area contributed by atoms with Crippen LogP contribution in [0.1, 0.15) is 21.6 Å². The van der Waals surface area contributed by atoms with Gasteiger partial charge in [0.15, 0.2) is 0 Å². The highest BCUT2D eigenvalue weighted by molar-refractivity contribution is 6.43. The van der Waals surface area contributed by atoms with Gasteiger partial charge in [0.25, 0.3) is 5.91 Å². The minimum absolute atomic E-state index is 0.0478. The number of hydrogen-bond donors (Lipinski definition) is 2. The summed E-state index contributed by atoms with van der Waals surface area (Å²) in [7, 11) is 0. The highest BCUT2D eigenvalue weighted by atomic mass is 35.5. The van der Waals surface area contributed by atoms with Gasteiger partial charge in [0.05, 0.1) is 11.6 Å². The van der Waals surface area contributed by atoms with Crippen molar-refractivity contribution in [1.82, 2.24) is 9.88 Å². The maximum absolute atomic E-state index is 12.8. The Hall–Kier alpha value is -1.88. The largest absolute Gasteiger partial charge is 0.506 e. The van der Waals surface area contributed by atoms with Crippen LogP contribution in [-0.4, -0.2) is 27.4 Å². The van der Waals surface area contributed by atoms with Crippen LogP contribution >= 0.6 is 34.8 Å². The predicted octanol–water partition coefficient (Wildman–Crippen LogP) is 5.03. The van der Waals surface area contributed by atoms with Gasteiger partial charge in [0.2, 0.25) is 0 Å². The minimum atomic E-state index is -0.199. The lowest BCUT2D eigenvalue weighted by Gasteiger charge is -2.27. The number of H-pyrrole nitrogens is 1. The first kappa shape index (κ1) is 16.6. The van der Waals surface area contributed by atoms with Gasteiger partial charge in [0.1, 0.15) is 10.8 Å². The van der Waals surface area contributed by atoms with Gasteiger partial charge in [0, 0.05) is 33.7 Å². The van der Waals surface area contributed by atoms with Crippen LogP contribution in [0.5, 0.6) is 5.75 Å². The Kier molecular flexibility index (Phi) is 4.07. The molecule has 0 fully saturated rings. The molecule has 3 aromatic rings. The maximum atomic E-state index is 12.8. The van der Waals surface area contributed by atoms with Crippen LogP contribution in [0.2, 0.25) is 15.1 Å². The molecule has 0 aliphatic carbocycles. The van der Waals surface area contributed by atoms with Crippen molar-refractivity contribution in [3.63, 3.8) is 0 Å². The molecular formula is C18H13Cl3N2O2. The molecule has 1 aromatic heterocycles. The van der Waals surface area contributed by atoms with E-state index in [4.69, 9.17) is 34.8 Å². The zero-order chi connectivity index (χ0) is 17.7. The second-order valence-electron chi connectivity index (χ2n) is 6.04. The van der Waals surface area contributed by atoms with Gasteiger partial charge >= 0.3 is 0 Å². The van der Waals surface area contributed by atoms with Crippen molar-refractivity contribution in [3.8, 4) is 5.75 Å². The van der Waals surface area contributed by atoms with Crippen molar-refractivity contribution in [1.29, 1.82) is 0 Å². The number of carbonyl (C=O) groups excluding carboxylic acids is 1. The van der Waals surface area contributed by atoms with Crippen LogP contribution < -0.4 is 0 Å². The second kappa shape index (κ2) is 6.13. The van der Waals surface area contributed by atoms with Crippen molar-refractivity contribution in [3.05, 3.63) is 62.2 Å². The minimum Gasteiger partial charge on any atom is -0.506 e. The van der Waals surface area contributed by atoms with E-state index in [0.717, 1.165) is 23.0 Å². The zero-order valence-corrected chi connectivity index (χ0v) is 15.2. The molecule has 1 aliphatic rings. The lowest BCUT2D eigenvalue weighted by Crippen LogP contribution is -2.35. The standard InChI is InChI=1S/C18H13Cl3N2O2/c19-10-1-2-14-12(7-10)11-3-4-23(8-15(11)22-14)18(25)9-5-13(20)17(21)16(24)6-9/h1-2,5-7,22,24H,3-4,8H2. The number of phenolic OH excluding ortho intramolecular Hbond substituents is 1. The van der Waals surface area contributed by atoms with Gasteiger partial charge in [-0.2, -0.15) is 0 Å². The van der Waals surface area contributed by atoms with E-state index in [1.165, 1.54) is 17.7 Å². The maximum Gasteiger partial charge on any atom is 0.254 e. The number of hydrogen-bond acceptors (Lipinski definition) is 2. The number of aromatic hydroxyl groups is 1. The molecule has 0 atom stereocenters. The number of aromatic nitrogens is 1.